The van der Waals surface area contributed by atoms with Gasteiger partial charge in [0, 0.05) is 46.2 Å². The fourth-order valence-corrected chi connectivity index (χ4v) is 6.66. The van der Waals surface area contributed by atoms with Crippen LogP contribution in [-0.2, 0) is 19.4 Å². The number of aliphatic hydroxyl groups is 2. The van der Waals surface area contributed by atoms with Crippen molar-refractivity contribution in [3.05, 3.63) is 69.4 Å². The van der Waals surface area contributed by atoms with Crippen LogP contribution >= 0.6 is 11.3 Å². The Morgan fingerprint density at radius 3 is 2.68 bits per heavy atom. The van der Waals surface area contributed by atoms with E-state index in [1.807, 2.05) is 30.3 Å². The third-order valence-electron chi connectivity index (χ3n) is 7.58. The number of rotatable bonds is 7. The highest BCUT2D eigenvalue weighted by molar-refractivity contribution is 7.14. The number of amides is 1. The van der Waals surface area contributed by atoms with Gasteiger partial charge in [-0.25, -0.2) is 0 Å². The summed E-state index contributed by atoms with van der Waals surface area (Å²) < 4.78 is 0. The highest BCUT2D eigenvalue weighted by Gasteiger charge is 2.21. The van der Waals surface area contributed by atoms with E-state index in [1.54, 1.807) is 29.5 Å². The van der Waals surface area contributed by atoms with Crippen LogP contribution in [0.2, 0.25) is 0 Å². The number of aliphatic hydroxyl groups excluding tert-OH is 2. The number of nitrogens with one attached hydrogen (secondary N) is 2. The molecule has 0 bridgehead atoms. The molecule has 1 unspecified atom stereocenters. The SMILES string of the molecule is Nc1nc(Nc2ccc(N3CCCC(O)C3)cc2)nc(-c2cccc(NC(=O)c3cc4c(s3)CCCC4)c2CO)n1. The number of piperidine rings is 1. The van der Waals surface area contributed by atoms with Crippen molar-refractivity contribution in [3.63, 3.8) is 0 Å². The number of aryl methyl sites for hydroxylation is 2. The minimum atomic E-state index is -0.326. The predicted octanol–water partition coefficient (Wildman–Crippen LogP) is 4.51. The first-order chi connectivity index (χ1) is 20.0. The monoisotopic (exact) mass is 571 g/mol. The first kappa shape index (κ1) is 27.1. The zero-order chi connectivity index (χ0) is 28.3. The van der Waals surface area contributed by atoms with Crippen molar-refractivity contribution in [2.24, 2.45) is 0 Å². The maximum Gasteiger partial charge on any atom is 0.265 e. The topological polar surface area (TPSA) is 150 Å². The predicted molar refractivity (Wildman–Crippen MR) is 162 cm³/mol. The van der Waals surface area contributed by atoms with Gasteiger partial charge in [-0.3, -0.25) is 4.79 Å². The van der Waals surface area contributed by atoms with Crippen molar-refractivity contribution in [1.29, 1.82) is 0 Å². The maximum atomic E-state index is 13.1. The van der Waals surface area contributed by atoms with Crippen molar-refractivity contribution in [2.45, 2.75) is 51.2 Å². The lowest BCUT2D eigenvalue weighted by atomic mass is 9.99. The highest BCUT2D eigenvalue weighted by atomic mass is 32.1. The van der Waals surface area contributed by atoms with Crippen molar-refractivity contribution in [2.75, 3.05) is 34.4 Å². The number of carbonyl (C=O) groups excluding carboxylic acids is 1. The molecule has 4 aromatic rings. The summed E-state index contributed by atoms with van der Waals surface area (Å²) in [4.78, 5) is 30.4. The van der Waals surface area contributed by atoms with E-state index < -0.39 is 0 Å². The molecule has 1 aliphatic heterocycles. The van der Waals surface area contributed by atoms with Crippen LogP contribution in [-0.4, -0.2) is 50.3 Å². The molecule has 10 nitrogen and oxygen atoms in total. The number of anilines is 5. The van der Waals surface area contributed by atoms with Crippen molar-refractivity contribution >= 4 is 46.2 Å². The first-order valence-corrected chi connectivity index (χ1v) is 14.8. The number of carbonyl (C=O) groups is 1. The van der Waals surface area contributed by atoms with E-state index in [9.17, 15) is 15.0 Å². The molecule has 2 aromatic carbocycles. The van der Waals surface area contributed by atoms with Crippen LogP contribution < -0.4 is 21.3 Å². The number of thiophene rings is 1. The minimum absolute atomic E-state index is 0.0268. The lowest BCUT2D eigenvalue weighted by molar-refractivity contribution is 0.103. The van der Waals surface area contributed by atoms with Gasteiger partial charge in [-0.15, -0.1) is 11.3 Å². The molecule has 2 aromatic heterocycles. The van der Waals surface area contributed by atoms with Crippen LogP contribution in [0.4, 0.5) is 29.0 Å². The Morgan fingerprint density at radius 2 is 1.90 bits per heavy atom. The number of nitrogen functional groups attached to an aromatic ring is 1. The molecule has 11 heteroatoms. The van der Waals surface area contributed by atoms with Crippen LogP contribution in [0.15, 0.2) is 48.5 Å². The summed E-state index contributed by atoms with van der Waals surface area (Å²) in [5.41, 5.74) is 10.7. The second kappa shape index (κ2) is 11.8. The van der Waals surface area contributed by atoms with Gasteiger partial charge in [-0.1, -0.05) is 12.1 Å². The van der Waals surface area contributed by atoms with Crippen LogP contribution in [0.3, 0.4) is 0 Å². The molecule has 6 N–H and O–H groups in total. The van der Waals surface area contributed by atoms with Gasteiger partial charge in [-0.2, -0.15) is 15.0 Å². The number of benzene rings is 2. The van der Waals surface area contributed by atoms with Crippen LogP contribution in [0.1, 0.15) is 51.4 Å². The van der Waals surface area contributed by atoms with E-state index in [1.165, 1.54) is 10.4 Å². The maximum absolute atomic E-state index is 13.1. The molecule has 41 heavy (non-hydrogen) atoms. The number of nitrogens with two attached hydrogens (primary N) is 1. The molecule has 0 radical (unpaired) electrons. The molecule has 0 saturated carbocycles. The minimum Gasteiger partial charge on any atom is -0.392 e. The van der Waals surface area contributed by atoms with Gasteiger partial charge in [0.05, 0.1) is 17.6 Å². The van der Waals surface area contributed by atoms with Gasteiger partial charge in [0.2, 0.25) is 11.9 Å². The Labute approximate surface area is 242 Å². The summed E-state index contributed by atoms with van der Waals surface area (Å²) in [6, 6.07) is 15.1. The number of nitrogens with zero attached hydrogens (tertiary/aromatic N) is 4. The molecule has 3 heterocycles. The summed E-state index contributed by atoms with van der Waals surface area (Å²) in [7, 11) is 0. The third kappa shape index (κ3) is 6.02. The average Bonchev–Trinajstić information content (AvgIpc) is 3.42. The van der Waals surface area contributed by atoms with Gasteiger partial charge in [-0.05, 0) is 80.5 Å². The lowest BCUT2D eigenvalue weighted by Gasteiger charge is -2.32. The summed E-state index contributed by atoms with van der Waals surface area (Å²) >= 11 is 1.54. The highest BCUT2D eigenvalue weighted by Crippen LogP contribution is 2.32. The molecule has 1 aliphatic carbocycles. The van der Waals surface area contributed by atoms with Crippen LogP contribution in [0.25, 0.3) is 11.4 Å². The van der Waals surface area contributed by atoms with E-state index in [0.717, 1.165) is 56.4 Å². The summed E-state index contributed by atoms with van der Waals surface area (Å²) in [6.45, 7) is 1.22. The molecule has 1 fully saturated rings. The molecule has 2 aliphatic rings. The average molecular weight is 572 g/mol. The largest absolute Gasteiger partial charge is 0.392 e. The molecule has 1 amide bonds. The van der Waals surface area contributed by atoms with Gasteiger partial charge < -0.3 is 31.5 Å². The Balaban J connectivity index is 1.22. The van der Waals surface area contributed by atoms with Gasteiger partial charge >= 0.3 is 0 Å². The number of β-amino-alcohol motifs (C(OH)–C–C–N with tert-alkyl or cyclic N) is 1. The first-order valence-electron chi connectivity index (χ1n) is 13.9. The fraction of sp³-hybridized carbons (Fsp3) is 0.333. The lowest BCUT2D eigenvalue weighted by Crippen LogP contribution is -2.38. The number of fused-ring (bicyclic) bond motifs is 1. The zero-order valence-electron chi connectivity index (χ0n) is 22.6. The smallest absolute Gasteiger partial charge is 0.265 e. The molecular formula is C30H33N7O3S. The van der Waals surface area contributed by atoms with Gasteiger partial charge in [0.15, 0.2) is 5.82 Å². The standard InChI is InChI=1S/C30H33N7O3S/c31-29-34-27(35-30(36-29)32-19-10-12-20(13-11-19)37-14-4-6-21(39)16-37)22-7-3-8-24(23(22)17-38)33-28(40)26-15-18-5-1-2-9-25(18)41-26/h3,7-8,10-13,15,21,38-39H,1-2,4-6,9,14,16-17H2,(H,33,40)(H3,31,32,34,35,36). The Hall–Kier alpha value is -4.06. The quantitative estimate of drug-likeness (QED) is 0.216. The molecule has 6 rings (SSSR count). The third-order valence-corrected chi connectivity index (χ3v) is 8.82. The van der Waals surface area contributed by atoms with Crippen LogP contribution in [0.5, 0.6) is 0 Å². The summed E-state index contributed by atoms with van der Waals surface area (Å²) in [5, 5.41) is 26.5. The number of aromatic nitrogens is 3. The second-order valence-corrected chi connectivity index (χ2v) is 11.6. The normalized spacial score (nSPS) is 16.7. The molecule has 1 saturated heterocycles. The van der Waals surface area contributed by atoms with E-state index in [2.05, 4.69) is 30.5 Å². The summed E-state index contributed by atoms with van der Waals surface area (Å²) in [5.74, 6) is 0.372. The molecule has 0 spiro atoms. The number of hydrogen-bond donors (Lipinski definition) is 5. The molecule has 212 valence electrons. The number of hydrogen-bond acceptors (Lipinski definition) is 10. The summed E-state index contributed by atoms with van der Waals surface area (Å²) in [6.07, 6.45) is 5.85. The van der Waals surface area contributed by atoms with E-state index in [4.69, 9.17) is 5.73 Å². The van der Waals surface area contributed by atoms with Crippen molar-refractivity contribution in [3.8, 4) is 11.4 Å². The van der Waals surface area contributed by atoms with E-state index in [-0.39, 0.29) is 36.3 Å². The van der Waals surface area contributed by atoms with Gasteiger partial charge in [0.25, 0.3) is 5.91 Å². The Kier molecular flexibility index (Phi) is 7.82. The van der Waals surface area contributed by atoms with Crippen molar-refractivity contribution in [1.82, 2.24) is 15.0 Å². The molecule has 1 atom stereocenters. The molecular weight excluding hydrogens is 538 g/mol. The van der Waals surface area contributed by atoms with E-state index in [0.29, 0.717) is 28.2 Å². The Bertz CT molecular complexity index is 1530. The zero-order valence-corrected chi connectivity index (χ0v) is 23.5. The fourth-order valence-electron chi connectivity index (χ4n) is 5.51. The second-order valence-electron chi connectivity index (χ2n) is 10.5. The van der Waals surface area contributed by atoms with E-state index >= 15 is 0 Å². The Morgan fingerprint density at radius 1 is 1.07 bits per heavy atom. The van der Waals surface area contributed by atoms with Gasteiger partial charge in [0.1, 0.15) is 0 Å². The van der Waals surface area contributed by atoms with Crippen LogP contribution in [0, 0.1) is 0 Å². The van der Waals surface area contributed by atoms with Crippen molar-refractivity contribution < 1.29 is 15.0 Å².